The number of hydrogen-bond acceptors (Lipinski definition) is 2. The lowest BCUT2D eigenvalue weighted by Crippen LogP contribution is -3.00. The van der Waals surface area contributed by atoms with E-state index in [1.54, 1.807) is 0 Å². The highest BCUT2D eigenvalue weighted by molar-refractivity contribution is 7.73. The van der Waals surface area contributed by atoms with Gasteiger partial charge in [-0.05, 0) is 5.92 Å². The van der Waals surface area contributed by atoms with Crippen LogP contribution >= 0.6 is 12.8 Å². The van der Waals surface area contributed by atoms with Gasteiger partial charge in [0.15, 0.2) is 0 Å². The van der Waals surface area contributed by atoms with Gasteiger partial charge in [0.25, 0.3) is 0 Å². The van der Waals surface area contributed by atoms with Crippen molar-refractivity contribution in [2.24, 2.45) is 23.7 Å². The summed E-state index contributed by atoms with van der Waals surface area (Å²) in [7, 11) is 2.02. The number of thiol groups is 1. The predicted molar refractivity (Wildman–Crippen MR) is 56.7 cm³/mol. The highest BCUT2D eigenvalue weighted by atomic mass is 32.1. The summed E-state index contributed by atoms with van der Waals surface area (Å²) in [6, 6.07) is 0. The summed E-state index contributed by atoms with van der Waals surface area (Å²) in [4.78, 5) is 11.7. The first kappa shape index (κ1) is 11.1. The molecule has 4 unspecified atom stereocenters. The second-order valence-electron chi connectivity index (χ2n) is 4.55. The van der Waals surface area contributed by atoms with E-state index >= 15 is 0 Å². The van der Waals surface area contributed by atoms with Crippen molar-refractivity contribution in [3.63, 3.8) is 0 Å². The van der Waals surface area contributed by atoms with Crippen molar-refractivity contribution in [2.75, 3.05) is 13.6 Å². The molecule has 0 bridgehead atoms. The van der Waals surface area contributed by atoms with E-state index in [0.29, 0.717) is 23.5 Å². The number of quaternary nitrogens is 1. The Kier molecular flexibility index (Phi) is 3.41. The third kappa shape index (κ3) is 2.47. The topological polar surface area (TPSA) is 21.5 Å². The number of rotatable bonds is 4. The van der Waals surface area contributed by atoms with Crippen molar-refractivity contribution in [1.29, 1.82) is 0 Å². The molecule has 1 fully saturated rings. The minimum Gasteiger partial charge on any atom is -0.299 e. The quantitative estimate of drug-likeness (QED) is 0.635. The van der Waals surface area contributed by atoms with Gasteiger partial charge >= 0.3 is 0 Å². The molecule has 0 radical (unpaired) electrons. The number of nitrogens with one attached hydrogen (secondary N) is 1. The molecule has 0 aromatic heterocycles. The first-order valence-electron chi connectivity index (χ1n) is 5.00. The Morgan fingerprint density at radius 2 is 2.08 bits per heavy atom. The number of carbonyl (C=O) groups excluding carboxylic acids is 1. The Morgan fingerprint density at radius 3 is 2.46 bits per heavy atom. The first-order valence-corrected chi connectivity index (χ1v) is 5.45. The molecule has 1 aliphatic carbocycles. The molecule has 13 heavy (non-hydrogen) atoms. The molecule has 0 amide bonds. The maximum absolute atomic E-state index is 11.7. The second-order valence-corrected chi connectivity index (χ2v) is 5.31. The van der Waals surface area contributed by atoms with Crippen LogP contribution in [0.3, 0.4) is 0 Å². The van der Waals surface area contributed by atoms with Crippen molar-refractivity contribution in [3.8, 4) is 0 Å². The van der Waals surface area contributed by atoms with Gasteiger partial charge in [-0.25, -0.2) is 0 Å². The normalized spacial score (nSPS) is 34.8. The summed E-state index contributed by atoms with van der Waals surface area (Å²) in [6.07, 6.45) is 0. The molecule has 1 saturated carbocycles. The Morgan fingerprint density at radius 1 is 1.54 bits per heavy atom. The average molecular weight is 202 g/mol. The van der Waals surface area contributed by atoms with Gasteiger partial charge in [0.2, 0.25) is 0 Å². The standard InChI is InChI=1S/C10H19NOS/c1-6(2)10(12)9-7(3)8(9)5-11(4)13/h6-9,13H,5H2,1-4H3/p+1. The summed E-state index contributed by atoms with van der Waals surface area (Å²) in [6.45, 7) is 7.16. The SMILES string of the molecule is CC(C)C(=O)C1C(C)C1C[NH+](C)S. The summed E-state index contributed by atoms with van der Waals surface area (Å²) >= 11 is 4.28. The van der Waals surface area contributed by atoms with Crippen molar-refractivity contribution in [2.45, 2.75) is 20.8 Å². The van der Waals surface area contributed by atoms with Crippen LogP contribution in [0.4, 0.5) is 0 Å². The summed E-state index contributed by atoms with van der Waals surface area (Å²) in [5.41, 5.74) is 0. The van der Waals surface area contributed by atoms with Gasteiger partial charge in [-0.15, -0.1) is 0 Å². The molecular formula is C10H20NOS+. The molecule has 0 aromatic rings. The third-order valence-electron chi connectivity index (χ3n) is 2.99. The van der Waals surface area contributed by atoms with Gasteiger partial charge in [0.1, 0.15) is 5.78 Å². The highest BCUT2D eigenvalue weighted by Crippen LogP contribution is 2.46. The number of carbonyl (C=O) groups is 1. The van der Waals surface area contributed by atoms with Gasteiger partial charge in [0, 0.05) is 17.8 Å². The van der Waals surface area contributed by atoms with Crippen LogP contribution in [0.1, 0.15) is 20.8 Å². The van der Waals surface area contributed by atoms with E-state index in [-0.39, 0.29) is 5.92 Å². The van der Waals surface area contributed by atoms with Gasteiger partial charge in [-0.2, -0.15) is 0 Å². The lowest BCUT2D eigenvalue weighted by molar-refractivity contribution is -0.729. The molecule has 3 heteroatoms. The molecule has 0 aromatic carbocycles. The zero-order valence-electron chi connectivity index (χ0n) is 8.87. The molecule has 0 aliphatic heterocycles. The van der Waals surface area contributed by atoms with Crippen molar-refractivity contribution >= 4 is 18.6 Å². The Labute approximate surface area is 86.2 Å². The maximum Gasteiger partial charge on any atom is 0.139 e. The van der Waals surface area contributed by atoms with E-state index in [1.807, 2.05) is 20.9 Å². The van der Waals surface area contributed by atoms with Crippen LogP contribution in [-0.4, -0.2) is 19.4 Å². The van der Waals surface area contributed by atoms with E-state index in [1.165, 1.54) is 0 Å². The van der Waals surface area contributed by atoms with Crippen LogP contribution in [0.15, 0.2) is 0 Å². The second kappa shape index (κ2) is 4.01. The Hall–Kier alpha value is -0.0200. The van der Waals surface area contributed by atoms with Crippen LogP contribution in [0.5, 0.6) is 0 Å². The zero-order chi connectivity index (χ0) is 10.2. The minimum atomic E-state index is 0.192. The van der Waals surface area contributed by atoms with Crippen LogP contribution in [-0.2, 0) is 4.79 Å². The first-order chi connectivity index (χ1) is 5.95. The summed E-state index contributed by atoms with van der Waals surface area (Å²) in [5.74, 6) is 2.11. The van der Waals surface area contributed by atoms with Gasteiger partial charge in [-0.3, -0.25) is 9.10 Å². The van der Waals surface area contributed by atoms with Crippen LogP contribution < -0.4 is 4.31 Å². The Balaban J connectivity index is 2.44. The molecule has 1 aliphatic rings. The molecule has 0 saturated heterocycles. The fourth-order valence-corrected chi connectivity index (χ4v) is 2.27. The van der Waals surface area contributed by atoms with Crippen molar-refractivity contribution in [3.05, 3.63) is 0 Å². The lowest BCUT2D eigenvalue weighted by Gasteiger charge is -2.04. The predicted octanol–water partition coefficient (Wildman–Crippen LogP) is 0.453. The lowest BCUT2D eigenvalue weighted by atomic mass is 10.0. The highest BCUT2D eigenvalue weighted by Gasteiger charge is 2.53. The van der Waals surface area contributed by atoms with E-state index in [2.05, 4.69) is 19.7 Å². The molecular weight excluding hydrogens is 182 g/mol. The molecule has 1 N–H and O–H groups in total. The monoisotopic (exact) mass is 202 g/mol. The molecule has 2 nitrogen and oxygen atoms in total. The Bertz CT molecular complexity index is 203. The van der Waals surface area contributed by atoms with Crippen LogP contribution in [0, 0.1) is 23.7 Å². The molecule has 76 valence electrons. The molecule has 0 heterocycles. The van der Waals surface area contributed by atoms with E-state index in [4.69, 9.17) is 0 Å². The van der Waals surface area contributed by atoms with Gasteiger partial charge in [-0.1, -0.05) is 20.8 Å². The number of hydrogen-bond donors (Lipinski definition) is 2. The fraction of sp³-hybridized carbons (Fsp3) is 0.900. The number of Topliss-reactive ketones (excluding diaryl/α,β-unsaturated/α-hetero) is 1. The average Bonchev–Trinajstić information content (AvgIpc) is 2.59. The largest absolute Gasteiger partial charge is 0.299 e. The molecule has 4 atom stereocenters. The van der Waals surface area contributed by atoms with Crippen molar-refractivity contribution < 1.29 is 9.10 Å². The molecule has 1 rings (SSSR count). The summed E-state index contributed by atoms with van der Waals surface area (Å²) in [5, 5.41) is 0. The zero-order valence-corrected chi connectivity index (χ0v) is 9.77. The van der Waals surface area contributed by atoms with Crippen LogP contribution in [0.2, 0.25) is 0 Å². The third-order valence-corrected chi connectivity index (χ3v) is 3.17. The summed E-state index contributed by atoms with van der Waals surface area (Å²) < 4.78 is 1.15. The van der Waals surface area contributed by atoms with Crippen molar-refractivity contribution in [1.82, 2.24) is 0 Å². The molecule has 0 spiro atoms. The van der Waals surface area contributed by atoms with E-state index < -0.39 is 0 Å². The number of ketones is 1. The van der Waals surface area contributed by atoms with E-state index in [0.717, 1.165) is 10.8 Å². The van der Waals surface area contributed by atoms with Crippen LogP contribution in [0.25, 0.3) is 0 Å². The smallest absolute Gasteiger partial charge is 0.139 e. The maximum atomic E-state index is 11.7. The minimum absolute atomic E-state index is 0.192. The van der Waals surface area contributed by atoms with E-state index in [9.17, 15) is 4.79 Å². The van der Waals surface area contributed by atoms with Gasteiger partial charge in [0.05, 0.1) is 26.4 Å². The van der Waals surface area contributed by atoms with Gasteiger partial charge < -0.3 is 0 Å². The fourth-order valence-electron chi connectivity index (χ4n) is 2.05.